The maximum atomic E-state index is 13.4. The molecule has 1 aromatic carbocycles. The van der Waals surface area contributed by atoms with E-state index in [1.165, 1.54) is 16.2 Å². The molecule has 5 heterocycles. The van der Waals surface area contributed by atoms with Crippen molar-refractivity contribution in [3.8, 4) is 11.6 Å². The summed E-state index contributed by atoms with van der Waals surface area (Å²) in [5.41, 5.74) is 1.80. The number of hydrogen-bond donors (Lipinski definition) is 2. The molecule has 37 heavy (non-hydrogen) atoms. The van der Waals surface area contributed by atoms with Crippen molar-refractivity contribution >= 4 is 50.7 Å². The molecule has 0 bridgehead atoms. The van der Waals surface area contributed by atoms with Crippen LogP contribution < -0.4 is 20.3 Å². The van der Waals surface area contributed by atoms with Crippen molar-refractivity contribution in [3.05, 3.63) is 59.1 Å². The van der Waals surface area contributed by atoms with Crippen molar-refractivity contribution in [1.29, 1.82) is 0 Å². The molecule has 3 aromatic heterocycles. The maximum Gasteiger partial charge on any atom is 0.332 e. The van der Waals surface area contributed by atoms with E-state index in [2.05, 4.69) is 37.8 Å². The van der Waals surface area contributed by atoms with E-state index in [-0.39, 0.29) is 11.9 Å². The quantitative estimate of drug-likeness (QED) is 0.396. The van der Waals surface area contributed by atoms with Crippen LogP contribution in [-0.4, -0.2) is 58.2 Å². The number of benzene rings is 1. The van der Waals surface area contributed by atoms with Crippen LogP contribution in [0.5, 0.6) is 11.6 Å². The molecule has 2 aliphatic rings. The van der Waals surface area contributed by atoms with Crippen LogP contribution in [0.3, 0.4) is 0 Å². The number of likely N-dealkylation sites (N-methyl/N-ethyl adjacent to an activating group) is 1. The molecule has 1 atom stereocenters. The average Bonchev–Trinajstić information content (AvgIpc) is 3.25. The normalized spacial score (nSPS) is 17.5. The minimum Gasteiger partial charge on any atom is -0.438 e. The van der Waals surface area contributed by atoms with Crippen LogP contribution >= 0.6 is 11.3 Å². The standard InChI is InChI=1S/C26H25N7O3S/c1-15-13-19(36-17-8-4-3-5-9-17)30-31-23(15)33-18-10-11-27-25-20(18)21(29-26(33)35)22(37-25)24(34)28-16-7-6-12-32(2)14-16/h3-5,8-11,13,16H,6-7,12,14H2,1-2H3,(H,28,34)(H,29,35)/t16-/m1/s1. The van der Waals surface area contributed by atoms with Crippen LogP contribution in [0.15, 0.2) is 48.7 Å². The van der Waals surface area contributed by atoms with Gasteiger partial charge in [-0.05, 0) is 57.1 Å². The SMILES string of the molecule is Cc1cc(Oc2ccccc2)nnc1N1C(=O)Nc2c(C(=O)N[C@@H]3CCCN(C)C3)sc3nccc1c23. The number of nitrogens with zero attached hydrogens (tertiary/aromatic N) is 5. The molecule has 0 aliphatic carbocycles. The van der Waals surface area contributed by atoms with Gasteiger partial charge < -0.3 is 20.3 Å². The fourth-order valence-electron chi connectivity index (χ4n) is 4.82. The minimum absolute atomic E-state index is 0.0708. The first-order valence-corrected chi connectivity index (χ1v) is 12.9. The summed E-state index contributed by atoms with van der Waals surface area (Å²) in [4.78, 5) is 35.9. The van der Waals surface area contributed by atoms with Crippen LogP contribution in [-0.2, 0) is 0 Å². The lowest BCUT2D eigenvalue weighted by atomic mass is 10.1. The Balaban J connectivity index is 1.33. The minimum atomic E-state index is -0.418. The summed E-state index contributed by atoms with van der Waals surface area (Å²) in [6.07, 6.45) is 3.60. The first kappa shape index (κ1) is 23.3. The third-order valence-corrected chi connectivity index (χ3v) is 7.62. The number of anilines is 3. The second-order valence-electron chi connectivity index (χ2n) is 9.26. The molecule has 188 valence electrons. The lowest BCUT2D eigenvalue weighted by molar-refractivity contribution is 0.0917. The van der Waals surface area contributed by atoms with E-state index in [1.54, 1.807) is 18.3 Å². The topological polar surface area (TPSA) is 113 Å². The summed E-state index contributed by atoms with van der Waals surface area (Å²) in [5.74, 6) is 1.15. The maximum absolute atomic E-state index is 13.4. The number of piperidine rings is 1. The van der Waals surface area contributed by atoms with Gasteiger partial charge in [-0.25, -0.2) is 14.7 Å². The Labute approximate surface area is 217 Å². The number of para-hydroxylation sites is 1. The monoisotopic (exact) mass is 515 g/mol. The summed E-state index contributed by atoms with van der Waals surface area (Å²) in [7, 11) is 2.05. The van der Waals surface area contributed by atoms with Crippen molar-refractivity contribution in [3.63, 3.8) is 0 Å². The van der Waals surface area contributed by atoms with Crippen molar-refractivity contribution in [1.82, 2.24) is 25.4 Å². The number of hydrogen-bond acceptors (Lipinski definition) is 8. The highest BCUT2D eigenvalue weighted by Crippen LogP contribution is 2.45. The van der Waals surface area contributed by atoms with Gasteiger partial charge in [0.15, 0.2) is 5.82 Å². The van der Waals surface area contributed by atoms with Crippen LogP contribution in [0.1, 0.15) is 28.1 Å². The Morgan fingerprint density at radius 1 is 1.22 bits per heavy atom. The van der Waals surface area contributed by atoms with Gasteiger partial charge in [0.2, 0.25) is 5.88 Å². The number of urea groups is 1. The summed E-state index contributed by atoms with van der Waals surface area (Å²) in [5, 5.41) is 15.3. The highest BCUT2D eigenvalue weighted by molar-refractivity contribution is 7.21. The number of likely N-dealkylation sites (tertiary alicyclic amines) is 1. The first-order chi connectivity index (χ1) is 18.0. The van der Waals surface area contributed by atoms with E-state index in [1.807, 2.05) is 37.3 Å². The van der Waals surface area contributed by atoms with Gasteiger partial charge in [0.25, 0.3) is 5.91 Å². The lowest BCUT2D eigenvalue weighted by Gasteiger charge is -2.30. The Morgan fingerprint density at radius 2 is 2.05 bits per heavy atom. The molecule has 2 N–H and O–H groups in total. The Morgan fingerprint density at radius 3 is 2.84 bits per heavy atom. The predicted octanol–water partition coefficient (Wildman–Crippen LogP) is 4.69. The zero-order valence-corrected chi connectivity index (χ0v) is 21.2. The van der Waals surface area contributed by atoms with E-state index in [0.717, 1.165) is 25.9 Å². The van der Waals surface area contributed by atoms with Crippen LogP contribution in [0.25, 0.3) is 10.2 Å². The first-order valence-electron chi connectivity index (χ1n) is 12.1. The Kier molecular flexibility index (Phi) is 5.93. The van der Waals surface area contributed by atoms with Gasteiger partial charge in [-0.1, -0.05) is 18.2 Å². The number of nitrogens with one attached hydrogen (secondary N) is 2. The number of carbonyl (C=O) groups excluding carboxylic acids is 2. The molecular formula is C26H25N7O3S. The molecule has 0 radical (unpaired) electrons. The number of aromatic nitrogens is 3. The number of amides is 3. The predicted molar refractivity (Wildman–Crippen MR) is 142 cm³/mol. The molecule has 6 rings (SSSR count). The molecule has 4 aromatic rings. The van der Waals surface area contributed by atoms with Gasteiger partial charge in [0, 0.05) is 24.8 Å². The molecule has 2 aliphatic heterocycles. The largest absolute Gasteiger partial charge is 0.438 e. The summed E-state index contributed by atoms with van der Waals surface area (Å²) in [6.45, 7) is 3.68. The third kappa shape index (κ3) is 4.36. The fraction of sp³-hybridized carbons (Fsp3) is 0.269. The number of ether oxygens (including phenoxy) is 1. The zero-order valence-electron chi connectivity index (χ0n) is 20.4. The lowest BCUT2D eigenvalue weighted by Crippen LogP contribution is -2.46. The van der Waals surface area contributed by atoms with Crippen molar-refractivity contribution in [2.75, 3.05) is 30.4 Å². The molecule has 0 saturated carbocycles. The molecule has 0 spiro atoms. The van der Waals surface area contributed by atoms with E-state index < -0.39 is 6.03 Å². The van der Waals surface area contributed by atoms with Crippen molar-refractivity contribution in [2.45, 2.75) is 25.8 Å². The molecular weight excluding hydrogens is 490 g/mol. The summed E-state index contributed by atoms with van der Waals surface area (Å²) < 4.78 is 5.79. The van der Waals surface area contributed by atoms with Gasteiger partial charge in [0.05, 0.1) is 16.8 Å². The van der Waals surface area contributed by atoms with Crippen molar-refractivity contribution in [2.24, 2.45) is 0 Å². The smallest absolute Gasteiger partial charge is 0.332 e. The number of carbonyl (C=O) groups is 2. The number of aryl methyl sites for hydroxylation is 1. The molecule has 3 amide bonds. The molecule has 10 nitrogen and oxygen atoms in total. The molecule has 1 saturated heterocycles. The highest BCUT2D eigenvalue weighted by atomic mass is 32.1. The van der Waals surface area contributed by atoms with Crippen LogP contribution in [0.2, 0.25) is 0 Å². The number of thiophene rings is 1. The van der Waals surface area contributed by atoms with Crippen LogP contribution in [0, 0.1) is 6.92 Å². The Bertz CT molecular complexity index is 1510. The van der Waals surface area contributed by atoms with E-state index >= 15 is 0 Å². The number of rotatable bonds is 5. The fourth-order valence-corrected chi connectivity index (χ4v) is 5.85. The molecule has 1 fully saturated rings. The zero-order chi connectivity index (χ0) is 25.5. The average molecular weight is 516 g/mol. The van der Waals surface area contributed by atoms with Crippen molar-refractivity contribution < 1.29 is 14.3 Å². The van der Waals surface area contributed by atoms with E-state index in [9.17, 15) is 9.59 Å². The van der Waals surface area contributed by atoms with E-state index in [0.29, 0.717) is 49.5 Å². The highest BCUT2D eigenvalue weighted by Gasteiger charge is 2.34. The summed E-state index contributed by atoms with van der Waals surface area (Å²) >= 11 is 1.27. The van der Waals surface area contributed by atoms with E-state index in [4.69, 9.17) is 4.74 Å². The third-order valence-electron chi connectivity index (χ3n) is 6.53. The van der Waals surface area contributed by atoms with Gasteiger partial charge in [-0.3, -0.25) is 4.79 Å². The van der Waals surface area contributed by atoms with Gasteiger partial charge in [-0.2, -0.15) is 0 Å². The van der Waals surface area contributed by atoms with Gasteiger partial charge in [-0.15, -0.1) is 21.5 Å². The molecule has 0 unspecified atom stereocenters. The van der Waals surface area contributed by atoms with Crippen LogP contribution in [0.4, 0.5) is 22.0 Å². The second-order valence-corrected chi connectivity index (χ2v) is 10.3. The van der Waals surface area contributed by atoms with Gasteiger partial charge in [0.1, 0.15) is 15.5 Å². The summed E-state index contributed by atoms with van der Waals surface area (Å²) in [6, 6.07) is 12.5. The molecule has 11 heteroatoms. The number of pyridine rings is 1. The Hall–Kier alpha value is -4.09. The second kappa shape index (κ2) is 9.41. The van der Waals surface area contributed by atoms with Gasteiger partial charge >= 0.3 is 6.03 Å².